The van der Waals surface area contributed by atoms with E-state index in [1.54, 1.807) is 18.2 Å². The van der Waals surface area contributed by atoms with E-state index >= 15 is 0 Å². The van der Waals surface area contributed by atoms with Crippen LogP contribution in [0.25, 0.3) is 0 Å². The lowest BCUT2D eigenvalue weighted by Gasteiger charge is -2.08. The number of nitro benzene ring substituents is 1. The third-order valence-electron chi connectivity index (χ3n) is 3.07. The van der Waals surface area contributed by atoms with Gasteiger partial charge in [-0.15, -0.1) is 0 Å². The van der Waals surface area contributed by atoms with E-state index in [9.17, 15) is 10.1 Å². The summed E-state index contributed by atoms with van der Waals surface area (Å²) < 4.78 is 1.07. The number of nitrogens with one attached hydrogen (secondary N) is 1. The first-order chi connectivity index (χ1) is 9.58. The Morgan fingerprint density at radius 2 is 2.00 bits per heavy atom. The van der Waals surface area contributed by atoms with Crippen LogP contribution in [-0.2, 0) is 6.42 Å². The van der Waals surface area contributed by atoms with Crippen molar-refractivity contribution in [3.05, 3.63) is 68.2 Å². The third-order valence-corrected chi connectivity index (χ3v) is 3.96. The molecule has 104 valence electrons. The van der Waals surface area contributed by atoms with Crippen molar-refractivity contribution in [3.63, 3.8) is 0 Å². The van der Waals surface area contributed by atoms with Crippen LogP contribution in [-0.4, -0.2) is 11.5 Å². The smallest absolute Gasteiger partial charge is 0.272 e. The summed E-state index contributed by atoms with van der Waals surface area (Å²) in [4.78, 5) is 10.6. The number of anilines is 1. The summed E-state index contributed by atoms with van der Waals surface area (Å²) in [5.41, 5.74) is 3.10. The maximum atomic E-state index is 10.9. The highest BCUT2D eigenvalue weighted by molar-refractivity contribution is 9.10. The summed E-state index contributed by atoms with van der Waals surface area (Å²) in [7, 11) is 0. The average molecular weight is 335 g/mol. The molecule has 0 aromatic heterocycles. The van der Waals surface area contributed by atoms with Gasteiger partial charge in [0.05, 0.1) is 4.92 Å². The van der Waals surface area contributed by atoms with Crippen molar-refractivity contribution in [2.45, 2.75) is 13.3 Å². The standard InChI is InChI=1S/C15H15BrN2O2/c1-11-10-13(6-7-14(11)16)17-9-8-12-4-2-3-5-15(12)18(19)20/h2-7,10,17H,8-9H2,1H3. The van der Waals surface area contributed by atoms with Crippen molar-refractivity contribution in [2.24, 2.45) is 0 Å². The van der Waals surface area contributed by atoms with Crippen LogP contribution in [0.3, 0.4) is 0 Å². The molecule has 0 saturated heterocycles. The molecule has 4 nitrogen and oxygen atoms in total. The highest BCUT2D eigenvalue weighted by Crippen LogP contribution is 2.21. The van der Waals surface area contributed by atoms with Crippen LogP contribution < -0.4 is 5.32 Å². The Balaban J connectivity index is 1.99. The molecule has 0 aliphatic rings. The lowest BCUT2D eigenvalue weighted by atomic mass is 10.1. The van der Waals surface area contributed by atoms with Crippen LogP contribution in [0.4, 0.5) is 11.4 Å². The van der Waals surface area contributed by atoms with Crippen LogP contribution in [0.1, 0.15) is 11.1 Å². The first-order valence-electron chi connectivity index (χ1n) is 6.30. The van der Waals surface area contributed by atoms with Crippen molar-refractivity contribution in [2.75, 3.05) is 11.9 Å². The number of hydrogen-bond donors (Lipinski definition) is 1. The second-order valence-corrected chi connectivity index (χ2v) is 5.38. The highest BCUT2D eigenvalue weighted by atomic mass is 79.9. The van der Waals surface area contributed by atoms with E-state index in [1.807, 2.05) is 31.2 Å². The van der Waals surface area contributed by atoms with Crippen LogP contribution >= 0.6 is 15.9 Å². The number of aryl methyl sites for hydroxylation is 1. The molecule has 20 heavy (non-hydrogen) atoms. The second-order valence-electron chi connectivity index (χ2n) is 4.53. The van der Waals surface area contributed by atoms with Crippen LogP contribution in [0.15, 0.2) is 46.9 Å². The van der Waals surface area contributed by atoms with Crippen LogP contribution in [0.2, 0.25) is 0 Å². The lowest BCUT2D eigenvalue weighted by Crippen LogP contribution is -2.06. The molecule has 0 heterocycles. The zero-order chi connectivity index (χ0) is 14.5. The quantitative estimate of drug-likeness (QED) is 0.654. The average Bonchev–Trinajstić information content (AvgIpc) is 2.43. The predicted molar refractivity (Wildman–Crippen MR) is 84.2 cm³/mol. The number of halogens is 1. The molecule has 0 amide bonds. The molecule has 2 aromatic rings. The van der Waals surface area contributed by atoms with Gasteiger partial charge in [0.2, 0.25) is 0 Å². The maximum Gasteiger partial charge on any atom is 0.272 e. The first-order valence-corrected chi connectivity index (χ1v) is 7.09. The number of rotatable bonds is 5. The monoisotopic (exact) mass is 334 g/mol. The summed E-state index contributed by atoms with van der Waals surface area (Å²) in [5.74, 6) is 0. The van der Waals surface area contributed by atoms with Gasteiger partial charge in [-0.05, 0) is 37.1 Å². The first kappa shape index (κ1) is 14.5. The molecule has 0 fully saturated rings. The fourth-order valence-corrected chi connectivity index (χ4v) is 2.24. The van der Waals surface area contributed by atoms with Gasteiger partial charge in [0.25, 0.3) is 5.69 Å². The van der Waals surface area contributed by atoms with Gasteiger partial charge < -0.3 is 5.32 Å². The highest BCUT2D eigenvalue weighted by Gasteiger charge is 2.11. The molecule has 0 saturated carbocycles. The molecule has 0 radical (unpaired) electrons. The largest absolute Gasteiger partial charge is 0.385 e. The predicted octanol–water partition coefficient (Wildman–Crippen LogP) is 4.32. The van der Waals surface area contributed by atoms with Gasteiger partial charge in [-0.1, -0.05) is 34.1 Å². The fraction of sp³-hybridized carbons (Fsp3) is 0.200. The van der Waals surface area contributed by atoms with Gasteiger partial charge in [-0.3, -0.25) is 10.1 Å². The van der Waals surface area contributed by atoms with E-state index in [-0.39, 0.29) is 10.6 Å². The van der Waals surface area contributed by atoms with E-state index < -0.39 is 0 Å². The van der Waals surface area contributed by atoms with E-state index in [0.29, 0.717) is 13.0 Å². The van der Waals surface area contributed by atoms with E-state index in [0.717, 1.165) is 21.3 Å². The molecule has 2 rings (SSSR count). The van der Waals surface area contributed by atoms with Crippen molar-refractivity contribution < 1.29 is 4.92 Å². The van der Waals surface area contributed by atoms with E-state index in [1.165, 1.54) is 0 Å². The SMILES string of the molecule is Cc1cc(NCCc2ccccc2[N+](=O)[O-])ccc1Br. The Labute approximate surface area is 126 Å². The van der Waals surface area contributed by atoms with Gasteiger partial charge in [0.1, 0.15) is 0 Å². The maximum absolute atomic E-state index is 10.9. The fourth-order valence-electron chi connectivity index (χ4n) is 2.00. The third kappa shape index (κ3) is 3.57. The zero-order valence-corrected chi connectivity index (χ0v) is 12.7. The number of hydrogen-bond acceptors (Lipinski definition) is 3. The zero-order valence-electron chi connectivity index (χ0n) is 11.1. The van der Waals surface area contributed by atoms with Crippen molar-refractivity contribution in [3.8, 4) is 0 Å². The summed E-state index contributed by atoms with van der Waals surface area (Å²) in [6.07, 6.45) is 0.617. The molecular weight excluding hydrogens is 320 g/mol. The van der Waals surface area contributed by atoms with Crippen molar-refractivity contribution in [1.29, 1.82) is 0 Å². The van der Waals surface area contributed by atoms with Gasteiger partial charge >= 0.3 is 0 Å². The summed E-state index contributed by atoms with van der Waals surface area (Å²) >= 11 is 3.46. The van der Waals surface area contributed by atoms with Gasteiger partial charge in [-0.25, -0.2) is 0 Å². The normalized spacial score (nSPS) is 10.3. The van der Waals surface area contributed by atoms with E-state index in [2.05, 4.69) is 21.2 Å². The Morgan fingerprint density at radius 3 is 2.70 bits per heavy atom. The topological polar surface area (TPSA) is 55.2 Å². The summed E-state index contributed by atoms with van der Waals surface area (Å²) in [6.45, 7) is 2.68. The minimum atomic E-state index is -0.334. The Morgan fingerprint density at radius 1 is 1.25 bits per heavy atom. The molecule has 0 aliphatic heterocycles. The van der Waals surface area contributed by atoms with Gasteiger partial charge in [0.15, 0.2) is 0 Å². The minimum absolute atomic E-state index is 0.182. The van der Waals surface area contributed by atoms with Crippen LogP contribution in [0, 0.1) is 17.0 Å². The molecule has 5 heteroatoms. The number of nitrogens with zero attached hydrogens (tertiary/aromatic N) is 1. The molecule has 2 aromatic carbocycles. The Hall–Kier alpha value is -1.88. The number of para-hydroxylation sites is 1. The molecule has 0 atom stereocenters. The molecular formula is C15H15BrN2O2. The second kappa shape index (κ2) is 6.52. The lowest BCUT2D eigenvalue weighted by molar-refractivity contribution is -0.385. The van der Waals surface area contributed by atoms with Crippen molar-refractivity contribution >= 4 is 27.3 Å². The minimum Gasteiger partial charge on any atom is -0.385 e. The number of benzene rings is 2. The molecule has 0 spiro atoms. The summed E-state index contributed by atoms with van der Waals surface area (Å²) in [6, 6.07) is 12.9. The Bertz CT molecular complexity index is 629. The molecule has 0 bridgehead atoms. The molecule has 0 unspecified atom stereocenters. The Kier molecular flexibility index (Phi) is 4.74. The summed E-state index contributed by atoms with van der Waals surface area (Å²) in [5, 5.41) is 14.2. The van der Waals surface area contributed by atoms with Gasteiger partial charge in [-0.2, -0.15) is 0 Å². The molecule has 0 aliphatic carbocycles. The van der Waals surface area contributed by atoms with Crippen LogP contribution in [0.5, 0.6) is 0 Å². The number of nitro groups is 1. The van der Waals surface area contributed by atoms with Gasteiger partial charge in [0, 0.05) is 28.3 Å². The molecule has 1 N–H and O–H groups in total. The van der Waals surface area contributed by atoms with Crippen molar-refractivity contribution in [1.82, 2.24) is 0 Å². The van der Waals surface area contributed by atoms with E-state index in [4.69, 9.17) is 0 Å².